The number of ether oxygens (including phenoxy) is 1. The number of aliphatic hydroxyl groups excluding tert-OH is 1. The van der Waals surface area contributed by atoms with Crippen LogP contribution in [0.5, 0.6) is 0 Å². The number of morpholine rings is 1. The molecule has 2 N–H and O–H groups in total. The predicted molar refractivity (Wildman–Crippen MR) is 92.2 cm³/mol. The first-order valence-electron chi connectivity index (χ1n) is 8.55. The number of hydrogen-bond donors (Lipinski definition) is 2. The Labute approximate surface area is 147 Å². The van der Waals surface area contributed by atoms with Gasteiger partial charge in [-0.2, -0.15) is 0 Å². The highest BCUT2D eigenvalue weighted by Gasteiger charge is 2.37. The fourth-order valence-corrected chi connectivity index (χ4v) is 3.30. The Bertz CT molecular complexity index is 534. The Kier molecular flexibility index (Phi) is 7.84. The maximum absolute atomic E-state index is 12.4. The predicted octanol–water partition coefficient (Wildman–Crippen LogP) is 0.224. The van der Waals surface area contributed by atoms with Crippen LogP contribution in [-0.4, -0.2) is 83.9 Å². The Balaban J connectivity index is 0.000000701. The van der Waals surface area contributed by atoms with E-state index in [0.717, 1.165) is 19.5 Å². The van der Waals surface area contributed by atoms with Crippen molar-refractivity contribution in [2.75, 3.05) is 39.4 Å². The van der Waals surface area contributed by atoms with E-state index in [1.165, 1.54) is 5.56 Å². The van der Waals surface area contributed by atoms with E-state index in [1.54, 1.807) is 0 Å². The second-order valence-corrected chi connectivity index (χ2v) is 6.17. The maximum atomic E-state index is 12.4. The summed E-state index contributed by atoms with van der Waals surface area (Å²) in [6, 6.07) is 10.1. The highest BCUT2D eigenvalue weighted by Crippen LogP contribution is 2.19. The molecule has 7 nitrogen and oxygen atoms in total. The van der Waals surface area contributed by atoms with Crippen molar-refractivity contribution in [1.29, 1.82) is 0 Å². The lowest BCUT2D eigenvalue weighted by molar-refractivity contribution is -0.130. The number of aliphatic hydroxyl groups is 1. The van der Waals surface area contributed by atoms with E-state index in [2.05, 4.69) is 4.90 Å². The molecule has 25 heavy (non-hydrogen) atoms. The number of benzene rings is 1. The first-order chi connectivity index (χ1) is 12.2. The van der Waals surface area contributed by atoms with E-state index in [-0.39, 0.29) is 18.4 Å². The maximum Gasteiger partial charge on any atom is 0.290 e. The number of carboxylic acid groups (broad SMARTS) is 1. The summed E-state index contributed by atoms with van der Waals surface area (Å²) in [6.07, 6.45) is 0.819. The van der Waals surface area contributed by atoms with Gasteiger partial charge in [-0.3, -0.25) is 14.5 Å². The summed E-state index contributed by atoms with van der Waals surface area (Å²) < 4.78 is 5.35. The van der Waals surface area contributed by atoms with Crippen LogP contribution in [0.3, 0.4) is 0 Å². The van der Waals surface area contributed by atoms with E-state index < -0.39 is 6.10 Å². The molecule has 1 amide bonds. The van der Waals surface area contributed by atoms with E-state index in [1.807, 2.05) is 35.2 Å². The molecule has 0 unspecified atom stereocenters. The molecule has 2 aliphatic rings. The highest BCUT2D eigenvalue weighted by molar-refractivity contribution is 5.77. The summed E-state index contributed by atoms with van der Waals surface area (Å²) in [7, 11) is 0. The van der Waals surface area contributed by atoms with Crippen molar-refractivity contribution >= 4 is 12.4 Å². The largest absolute Gasteiger partial charge is 0.483 e. The molecule has 2 aliphatic heterocycles. The first kappa shape index (κ1) is 19.4. The Morgan fingerprint density at radius 1 is 1.20 bits per heavy atom. The topological polar surface area (TPSA) is 90.3 Å². The van der Waals surface area contributed by atoms with Gasteiger partial charge < -0.3 is 19.8 Å². The minimum atomic E-state index is -0.446. The van der Waals surface area contributed by atoms with Crippen LogP contribution < -0.4 is 0 Å². The number of amides is 1. The summed E-state index contributed by atoms with van der Waals surface area (Å²) in [4.78, 5) is 24.8. The van der Waals surface area contributed by atoms with Crippen molar-refractivity contribution in [3.63, 3.8) is 0 Å². The van der Waals surface area contributed by atoms with Crippen LogP contribution in [0.25, 0.3) is 0 Å². The molecule has 2 saturated heterocycles. The molecular formula is C18H26N2O5. The normalized spacial score (nSPS) is 23.6. The van der Waals surface area contributed by atoms with Gasteiger partial charge in [-0.1, -0.05) is 30.3 Å². The Morgan fingerprint density at radius 3 is 2.48 bits per heavy atom. The molecule has 2 fully saturated rings. The molecule has 0 saturated carbocycles. The number of β-amino-alcohol motifs (C(OH)–C–C–N with tert-alkyl or cyclic N) is 1. The zero-order valence-electron chi connectivity index (χ0n) is 14.3. The van der Waals surface area contributed by atoms with Crippen LogP contribution in [0.4, 0.5) is 0 Å². The van der Waals surface area contributed by atoms with Gasteiger partial charge >= 0.3 is 0 Å². The lowest BCUT2D eigenvalue weighted by atomic mass is 10.1. The molecule has 0 bridgehead atoms. The van der Waals surface area contributed by atoms with Gasteiger partial charge in [-0.25, -0.2) is 0 Å². The van der Waals surface area contributed by atoms with Crippen LogP contribution in [0, 0.1) is 0 Å². The van der Waals surface area contributed by atoms with Crippen LogP contribution in [0.2, 0.25) is 0 Å². The van der Waals surface area contributed by atoms with E-state index in [4.69, 9.17) is 14.6 Å². The van der Waals surface area contributed by atoms with Crippen LogP contribution in [0.1, 0.15) is 12.0 Å². The average Bonchev–Trinajstić information content (AvgIpc) is 3.04. The summed E-state index contributed by atoms with van der Waals surface area (Å²) in [5, 5.41) is 17.2. The Hall–Kier alpha value is -1.96. The van der Waals surface area contributed by atoms with Gasteiger partial charge in [0.15, 0.2) is 0 Å². The molecule has 0 aromatic heterocycles. The number of carbonyl (C=O) groups excluding carboxylic acids is 1. The third kappa shape index (κ3) is 5.81. The minimum Gasteiger partial charge on any atom is -0.483 e. The van der Waals surface area contributed by atoms with Gasteiger partial charge in [0, 0.05) is 32.6 Å². The molecule has 2 heterocycles. The summed E-state index contributed by atoms with van der Waals surface area (Å²) >= 11 is 0. The smallest absolute Gasteiger partial charge is 0.290 e. The van der Waals surface area contributed by atoms with Crippen LogP contribution in [0.15, 0.2) is 30.3 Å². The number of rotatable bonds is 4. The van der Waals surface area contributed by atoms with Crippen LogP contribution >= 0.6 is 0 Å². The fraction of sp³-hybridized carbons (Fsp3) is 0.556. The minimum absolute atomic E-state index is 0.0598. The van der Waals surface area contributed by atoms with E-state index in [9.17, 15) is 9.90 Å². The standard InChI is InChI=1S/C17H24N2O3.CH2O2/c20-16-13-19(12-15(16)18-8-10-22-11-9-18)17(21)7-6-14-4-2-1-3-5-14;2-1-3/h1-5,15-16,20H,6-13H2;1H,(H,2,3)/t15-,16-;/m1./s1. The van der Waals surface area contributed by atoms with Gasteiger partial charge in [0.1, 0.15) is 0 Å². The summed E-state index contributed by atoms with van der Waals surface area (Å²) in [5.41, 5.74) is 1.18. The molecule has 0 radical (unpaired) electrons. The monoisotopic (exact) mass is 350 g/mol. The van der Waals surface area contributed by atoms with Crippen molar-refractivity contribution in [3.8, 4) is 0 Å². The molecular weight excluding hydrogens is 324 g/mol. The quantitative estimate of drug-likeness (QED) is 0.755. The first-order valence-corrected chi connectivity index (χ1v) is 8.55. The van der Waals surface area contributed by atoms with Gasteiger partial charge in [0.25, 0.3) is 6.47 Å². The SMILES string of the molecule is O=C(CCc1ccccc1)N1C[C@@H](O)[C@H](N2CCOCC2)C1.O=CO. The van der Waals surface area contributed by atoms with Gasteiger partial charge in [-0.05, 0) is 12.0 Å². The Morgan fingerprint density at radius 2 is 1.84 bits per heavy atom. The number of aryl methyl sites for hydroxylation is 1. The molecule has 1 aromatic rings. The molecule has 3 rings (SSSR count). The zero-order valence-corrected chi connectivity index (χ0v) is 14.3. The fourth-order valence-electron chi connectivity index (χ4n) is 3.30. The number of likely N-dealkylation sites (tertiary alicyclic amines) is 1. The van der Waals surface area contributed by atoms with Gasteiger partial charge in [0.2, 0.25) is 5.91 Å². The molecule has 7 heteroatoms. The number of hydrogen-bond acceptors (Lipinski definition) is 5. The second-order valence-electron chi connectivity index (χ2n) is 6.17. The zero-order chi connectivity index (χ0) is 18.1. The molecule has 2 atom stereocenters. The van der Waals surface area contributed by atoms with Crippen molar-refractivity contribution < 1.29 is 24.5 Å². The lowest BCUT2D eigenvalue weighted by Crippen LogP contribution is -2.49. The summed E-state index contributed by atoms with van der Waals surface area (Å²) in [6.45, 7) is 3.95. The van der Waals surface area contributed by atoms with Crippen LogP contribution in [-0.2, 0) is 20.7 Å². The second kappa shape index (κ2) is 10.1. The van der Waals surface area contributed by atoms with Crippen molar-refractivity contribution in [2.24, 2.45) is 0 Å². The van der Waals surface area contributed by atoms with Crippen molar-refractivity contribution in [2.45, 2.75) is 25.0 Å². The lowest BCUT2D eigenvalue weighted by Gasteiger charge is -2.33. The van der Waals surface area contributed by atoms with E-state index >= 15 is 0 Å². The molecule has 0 aliphatic carbocycles. The molecule has 1 aromatic carbocycles. The number of nitrogens with zero attached hydrogens (tertiary/aromatic N) is 2. The molecule has 0 spiro atoms. The van der Waals surface area contributed by atoms with E-state index in [0.29, 0.717) is 32.7 Å². The van der Waals surface area contributed by atoms with Crippen molar-refractivity contribution in [1.82, 2.24) is 9.80 Å². The highest BCUT2D eigenvalue weighted by atomic mass is 16.5. The van der Waals surface area contributed by atoms with Gasteiger partial charge in [-0.15, -0.1) is 0 Å². The molecule has 138 valence electrons. The summed E-state index contributed by atoms with van der Waals surface area (Å²) in [5.74, 6) is 0.138. The third-order valence-corrected chi connectivity index (χ3v) is 4.60. The van der Waals surface area contributed by atoms with Gasteiger partial charge in [0.05, 0.1) is 25.4 Å². The average molecular weight is 350 g/mol. The number of carbonyl (C=O) groups is 2. The van der Waals surface area contributed by atoms with Crippen molar-refractivity contribution in [3.05, 3.63) is 35.9 Å². The third-order valence-electron chi connectivity index (χ3n) is 4.60.